The van der Waals surface area contributed by atoms with Crippen molar-refractivity contribution < 1.29 is 43.7 Å². The number of rotatable bonds is 7. The Bertz CT molecular complexity index is 1260. The molecule has 4 aliphatic carbocycles. The molecule has 0 radical (unpaired) electrons. The minimum absolute atomic E-state index is 0.00458. The van der Waals surface area contributed by atoms with Crippen LogP contribution in [0.15, 0.2) is 11.1 Å². The van der Waals surface area contributed by atoms with Crippen molar-refractivity contribution in [1.82, 2.24) is 0 Å². The number of fused-ring (bicyclic) bond motifs is 4. The Labute approximate surface area is 241 Å². The van der Waals surface area contributed by atoms with Crippen LogP contribution in [0.5, 0.6) is 0 Å². The highest BCUT2D eigenvalue weighted by atomic mass is 16.5. The van der Waals surface area contributed by atoms with Gasteiger partial charge in [0, 0.05) is 54.6 Å². The van der Waals surface area contributed by atoms with Gasteiger partial charge in [0.15, 0.2) is 11.9 Å². The number of carboxylic acid groups (broad SMARTS) is 1. The number of ketones is 4. The van der Waals surface area contributed by atoms with Crippen molar-refractivity contribution in [2.75, 3.05) is 0 Å². The normalized spacial score (nSPS) is 39.4. The summed E-state index contributed by atoms with van der Waals surface area (Å²) >= 11 is 0. The van der Waals surface area contributed by atoms with E-state index >= 15 is 0 Å². The van der Waals surface area contributed by atoms with Gasteiger partial charge in [-0.2, -0.15) is 0 Å². The van der Waals surface area contributed by atoms with Crippen LogP contribution in [-0.2, 0) is 33.5 Å². The van der Waals surface area contributed by atoms with Crippen molar-refractivity contribution >= 4 is 35.1 Å². The molecule has 9 heteroatoms. The van der Waals surface area contributed by atoms with Gasteiger partial charge >= 0.3 is 11.9 Å². The van der Waals surface area contributed by atoms with Crippen LogP contribution in [-0.4, -0.2) is 57.5 Å². The van der Waals surface area contributed by atoms with Crippen LogP contribution in [0.4, 0.5) is 0 Å². The van der Waals surface area contributed by atoms with E-state index in [9.17, 15) is 39.0 Å². The summed E-state index contributed by atoms with van der Waals surface area (Å²) in [5.74, 6) is -5.24. The fraction of sp³-hybridized carbons (Fsp3) is 0.750. The standard InChI is InChI=1S/C32H44O9/c1-15(11-18(34)12-16(2)28(39)40)19-13-23(37)32(8)24-20(35)14-21-29(4,5)22(36)9-10-30(21,6)25(24)26(38)27(31(19,32)7)41-17(3)33/h15-16,19,21-22,27,36H,9-14H2,1-8H3,(H,39,40)/t15-,16+,19-,21-,22+,27-,30+,31+,32+/m1/s1. The topological polar surface area (TPSA) is 152 Å². The van der Waals surface area contributed by atoms with Crippen LogP contribution >= 0.6 is 0 Å². The van der Waals surface area contributed by atoms with Gasteiger partial charge in [-0.05, 0) is 42.9 Å². The van der Waals surface area contributed by atoms with Gasteiger partial charge in [-0.3, -0.25) is 28.8 Å². The van der Waals surface area contributed by atoms with E-state index in [1.807, 2.05) is 20.8 Å². The zero-order valence-corrected chi connectivity index (χ0v) is 25.5. The monoisotopic (exact) mass is 572 g/mol. The number of hydrogen-bond acceptors (Lipinski definition) is 8. The second kappa shape index (κ2) is 9.96. The minimum atomic E-state index is -1.43. The van der Waals surface area contributed by atoms with Gasteiger partial charge in [-0.15, -0.1) is 0 Å². The first-order chi connectivity index (χ1) is 18.8. The zero-order valence-electron chi connectivity index (χ0n) is 25.5. The van der Waals surface area contributed by atoms with Gasteiger partial charge in [0.25, 0.3) is 0 Å². The Morgan fingerprint density at radius 1 is 0.976 bits per heavy atom. The van der Waals surface area contributed by atoms with E-state index in [2.05, 4.69) is 0 Å². The Balaban J connectivity index is 1.88. The second-order valence-electron chi connectivity index (χ2n) is 14.4. The van der Waals surface area contributed by atoms with Crippen molar-refractivity contribution in [2.45, 2.75) is 106 Å². The molecule has 0 spiro atoms. The Hall–Kier alpha value is -2.68. The molecule has 9 nitrogen and oxygen atoms in total. The molecule has 9 atom stereocenters. The molecule has 0 aromatic carbocycles. The SMILES string of the molecule is CC(=O)O[C@@H]1C(=O)C2=C(C(=O)C[C@@H]3C(C)(C)[C@@H](O)CC[C@]23C)[C@]2(C)C(=O)C[C@H]([C@H](C)CC(=O)C[C@H](C)C(=O)O)[C@@]12C. The Morgan fingerprint density at radius 2 is 1.59 bits per heavy atom. The molecule has 0 bridgehead atoms. The highest BCUT2D eigenvalue weighted by molar-refractivity contribution is 6.18. The highest BCUT2D eigenvalue weighted by Crippen LogP contribution is 2.70. The summed E-state index contributed by atoms with van der Waals surface area (Å²) in [6, 6.07) is 0. The third kappa shape index (κ3) is 4.28. The minimum Gasteiger partial charge on any atom is -0.481 e. The Kier molecular flexibility index (Phi) is 7.59. The first-order valence-electron chi connectivity index (χ1n) is 14.7. The maximum atomic E-state index is 14.6. The smallest absolute Gasteiger partial charge is 0.306 e. The number of allylic oxidation sites excluding steroid dienone is 1. The molecule has 0 aromatic rings. The number of esters is 1. The van der Waals surface area contributed by atoms with Crippen LogP contribution in [0.3, 0.4) is 0 Å². The van der Waals surface area contributed by atoms with Crippen LogP contribution < -0.4 is 0 Å². The summed E-state index contributed by atoms with van der Waals surface area (Å²) in [7, 11) is 0. The van der Waals surface area contributed by atoms with Crippen LogP contribution in [0.25, 0.3) is 0 Å². The predicted octanol–water partition coefficient (Wildman–Crippen LogP) is 3.88. The maximum Gasteiger partial charge on any atom is 0.306 e. The fourth-order valence-corrected chi connectivity index (χ4v) is 9.17. The van der Waals surface area contributed by atoms with E-state index in [1.54, 1.807) is 20.8 Å². The number of ether oxygens (including phenoxy) is 1. The first-order valence-corrected chi connectivity index (χ1v) is 14.7. The predicted molar refractivity (Wildman–Crippen MR) is 147 cm³/mol. The molecule has 0 amide bonds. The molecule has 226 valence electrons. The summed E-state index contributed by atoms with van der Waals surface area (Å²) in [5.41, 5.74) is -3.73. The molecular formula is C32H44O9. The molecule has 4 aliphatic rings. The molecule has 0 unspecified atom stereocenters. The number of Topliss-reactive ketones (excluding diaryl/α,β-unsaturated/α-hetero) is 4. The van der Waals surface area contributed by atoms with E-state index in [0.29, 0.717) is 12.8 Å². The lowest BCUT2D eigenvalue weighted by Gasteiger charge is -2.61. The molecule has 2 saturated carbocycles. The number of hydrogen-bond donors (Lipinski definition) is 2. The molecule has 2 N–H and O–H groups in total. The van der Waals surface area contributed by atoms with Gasteiger partial charge in [-0.1, -0.05) is 41.5 Å². The van der Waals surface area contributed by atoms with Gasteiger partial charge < -0.3 is 14.9 Å². The number of aliphatic carboxylic acids is 1. The molecule has 0 heterocycles. The lowest BCUT2D eigenvalue weighted by atomic mass is 9.42. The quantitative estimate of drug-likeness (QED) is 0.433. The third-order valence-corrected chi connectivity index (χ3v) is 11.8. The van der Waals surface area contributed by atoms with Crippen molar-refractivity contribution in [1.29, 1.82) is 0 Å². The zero-order chi connectivity index (χ0) is 31.0. The van der Waals surface area contributed by atoms with E-state index in [1.165, 1.54) is 13.8 Å². The lowest BCUT2D eigenvalue weighted by Crippen LogP contribution is -2.65. The molecule has 0 saturated heterocycles. The summed E-state index contributed by atoms with van der Waals surface area (Å²) in [5, 5.41) is 20.1. The highest BCUT2D eigenvalue weighted by Gasteiger charge is 2.74. The number of aliphatic hydroxyl groups excluding tert-OH is 1. The molecule has 0 aliphatic heterocycles. The van der Waals surface area contributed by atoms with E-state index in [-0.39, 0.29) is 60.1 Å². The summed E-state index contributed by atoms with van der Waals surface area (Å²) in [4.78, 5) is 79.5. The van der Waals surface area contributed by atoms with E-state index < -0.39 is 69.3 Å². The number of carbonyl (C=O) groups is 6. The molecule has 4 rings (SSSR count). The van der Waals surface area contributed by atoms with E-state index in [0.717, 1.165) is 0 Å². The summed E-state index contributed by atoms with van der Waals surface area (Å²) < 4.78 is 5.80. The third-order valence-electron chi connectivity index (χ3n) is 11.8. The Morgan fingerprint density at radius 3 is 2.15 bits per heavy atom. The van der Waals surface area contributed by atoms with E-state index in [4.69, 9.17) is 4.74 Å². The molecular weight excluding hydrogens is 528 g/mol. The number of aliphatic hydroxyl groups is 1. The summed E-state index contributed by atoms with van der Waals surface area (Å²) in [6.07, 6.45) is -1.19. The molecule has 0 aromatic heterocycles. The van der Waals surface area contributed by atoms with Crippen molar-refractivity contribution in [2.24, 2.45) is 45.3 Å². The van der Waals surface area contributed by atoms with Gasteiger partial charge in [0.2, 0.25) is 5.78 Å². The summed E-state index contributed by atoms with van der Waals surface area (Å²) in [6.45, 7) is 13.6. The fourth-order valence-electron chi connectivity index (χ4n) is 9.17. The largest absolute Gasteiger partial charge is 0.481 e. The van der Waals surface area contributed by atoms with Crippen LogP contribution in [0, 0.1) is 45.3 Å². The molecule has 2 fully saturated rings. The number of carbonyl (C=O) groups excluding carboxylic acids is 5. The molecule has 41 heavy (non-hydrogen) atoms. The van der Waals surface area contributed by atoms with Crippen molar-refractivity contribution in [3.63, 3.8) is 0 Å². The number of carboxylic acids is 1. The van der Waals surface area contributed by atoms with Crippen molar-refractivity contribution in [3.8, 4) is 0 Å². The van der Waals surface area contributed by atoms with Gasteiger partial charge in [0.1, 0.15) is 11.6 Å². The van der Waals surface area contributed by atoms with Crippen LogP contribution in [0.2, 0.25) is 0 Å². The van der Waals surface area contributed by atoms with Gasteiger partial charge in [-0.25, -0.2) is 0 Å². The van der Waals surface area contributed by atoms with Crippen molar-refractivity contribution in [3.05, 3.63) is 11.1 Å². The lowest BCUT2D eigenvalue weighted by molar-refractivity contribution is -0.176. The van der Waals surface area contributed by atoms with Gasteiger partial charge in [0.05, 0.1) is 17.4 Å². The second-order valence-corrected chi connectivity index (χ2v) is 14.4. The maximum absolute atomic E-state index is 14.6. The average Bonchev–Trinajstić information content (AvgIpc) is 3.07. The average molecular weight is 573 g/mol. The first kappa shape index (κ1) is 31.3. The van der Waals surface area contributed by atoms with Crippen LogP contribution in [0.1, 0.15) is 93.9 Å².